The zero-order valence-corrected chi connectivity index (χ0v) is 11.5. The van der Waals surface area contributed by atoms with Gasteiger partial charge in [0.05, 0.1) is 6.07 Å². The van der Waals surface area contributed by atoms with Gasteiger partial charge in [-0.2, -0.15) is 5.26 Å². The Morgan fingerprint density at radius 1 is 1.19 bits per heavy atom. The highest BCUT2D eigenvalue weighted by Crippen LogP contribution is 2.62. The second kappa shape index (κ2) is 4.37. The van der Waals surface area contributed by atoms with Crippen molar-refractivity contribution in [2.45, 2.75) is 77.8 Å². The maximum absolute atomic E-state index is 9.50. The van der Waals surface area contributed by atoms with Crippen molar-refractivity contribution in [3.63, 3.8) is 0 Å². The molecule has 0 bridgehead atoms. The van der Waals surface area contributed by atoms with Crippen LogP contribution in [0.5, 0.6) is 0 Å². The fourth-order valence-electron chi connectivity index (χ4n) is 3.15. The van der Waals surface area contributed by atoms with Crippen LogP contribution in [-0.2, 0) is 0 Å². The second-order valence-electron chi connectivity index (χ2n) is 6.35. The van der Waals surface area contributed by atoms with Gasteiger partial charge < -0.3 is 0 Å². The Hall–Kier alpha value is -0.550. The highest BCUT2D eigenvalue weighted by atomic mass is 15.1. The van der Waals surface area contributed by atoms with Gasteiger partial charge in [0.1, 0.15) is 5.54 Å². The molecular weight excluding hydrogens is 196 g/mol. The van der Waals surface area contributed by atoms with E-state index in [-0.39, 0.29) is 16.5 Å². The lowest BCUT2D eigenvalue weighted by Gasteiger charge is -2.29. The largest absolute Gasteiger partial charge is 0.294 e. The van der Waals surface area contributed by atoms with Crippen LogP contribution in [0, 0.1) is 16.7 Å². The van der Waals surface area contributed by atoms with Crippen LogP contribution in [0.2, 0.25) is 0 Å². The topological polar surface area (TPSA) is 35.8 Å². The molecule has 2 nitrogen and oxygen atoms in total. The third kappa shape index (κ3) is 2.40. The molecule has 0 radical (unpaired) electrons. The maximum atomic E-state index is 9.50. The van der Waals surface area contributed by atoms with E-state index >= 15 is 0 Å². The van der Waals surface area contributed by atoms with Gasteiger partial charge in [0.15, 0.2) is 0 Å². The first-order valence-corrected chi connectivity index (χ1v) is 6.55. The third-order valence-electron chi connectivity index (χ3n) is 3.62. The zero-order chi connectivity index (χ0) is 12.4. The summed E-state index contributed by atoms with van der Waals surface area (Å²) < 4.78 is 0. The standard InChI is InChI=1S/C14H26N2/c1-6-8-13(9-7-2)10-14(13,11-15)16-12(3,4)5/h16H,6-10H2,1-5H3. The molecule has 0 aliphatic heterocycles. The van der Waals surface area contributed by atoms with E-state index in [0.29, 0.717) is 0 Å². The molecule has 1 atom stereocenters. The molecule has 1 unspecified atom stereocenters. The molecule has 1 aliphatic rings. The van der Waals surface area contributed by atoms with E-state index in [1.165, 1.54) is 25.7 Å². The van der Waals surface area contributed by atoms with E-state index in [9.17, 15) is 5.26 Å². The first-order valence-electron chi connectivity index (χ1n) is 6.55. The van der Waals surface area contributed by atoms with Crippen LogP contribution in [0.3, 0.4) is 0 Å². The quantitative estimate of drug-likeness (QED) is 0.771. The highest BCUT2D eigenvalue weighted by molar-refractivity contribution is 5.32. The molecule has 0 heterocycles. The van der Waals surface area contributed by atoms with Gasteiger partial charge in [0.25, 0.3) is 0 Å². The van der Waals surface area contributed by atoms with Crippen LogP contribution in [0.15, 0.2) is 0 Å². The van der Waals surface area contributed by atoms with Crippen LogP contribution < -0.4 is 5.32 Å². The molecule has 92 valence electrons. The van der Waals surface area contributed by atoms with Gasteiger partial charge >= 0.3 is 0 Å². The van der Waals surface area contributed by atoms with Crippen molar-refractivity contribution in [1.29, 1.82) is 5.26 Å². The third-order valence-corrected chi connectivity index (χ3v) is 3.62. The Bertz CT molecular complexity index is 276. The maximum Gasteiger partial charge on any atom is 0.113 e. The Labute approximate surface area is 100 Å². The molecular formula is C14H26N2. The predicted octanol–water partition coefficient (Wildman–Crippen LogP) is 3.63. The summed E-state index contributed by atoms with van der Waals surface area (Å²) in [4.78, 5) is 0. The average Bonchev–Trinajstić information content (AvgIpc) is 2.72. The van der Waals surface area contributed by atoms with E-state index in [1.807, 2.05) is 0 Å². The van der Waals surface area contributed by atoms with E-state index in [0.717, 1.165) is 6.42 Å². The van der Waals surface area contributed by atoms with Crippen molar-refractivity contribution in [2.75, 3.05) is 0 Å². The minimum absolute atomic E-state index is 0.0267. The Morgan fingerprint density at radius 3 is 2.00 bits per heavy atom. The van der Waals surface area contributed by atoms with E-state index in [4.69, 9.17) is 0 Å². The summed E-state index contributed by atoms with van der Waals surface area (Å²) in [6, 6.07) is 2.56. The Morgan fingerprint density at radius 2 is 1.69 bits per heavy atom. The molecule has 0 aromatic carbocycles. The summed E-state index contributed by atoms with van der Waals surface area (Å²) >= 11 is 0. The van der Waals surface area contributed by atoms with Gasteiger partial charge in [-0.1, -0.05) is 26.7 Å². The number of hydrogen-bond acceptors (Lipinski definition) is 2. The monoisotopic (exact) mass is 222 g/mol. The fraction of sp³-hybridized carbons (Fsp3) is 0.929. The van der Waals surface area contributed by atoms with Crippen LogP contribution in [-0.4, -0.2) is 11.1 Å². The van der Waals surface area contributed by atoms with E-state index in [1.54, 1.807) is 0 Å². The number of nitrogens with zero attached hydrogens (tertiary/aromatic N) is 1. The van der Waals surface area contributed by atoms with Gasteiger partial charge in [-0.15, -0.1) is 0 Å². The summed E-state index contributed by atoms with van der Waals surface area (Å²) in [5.74, 6) is 0. The van der Waals surface area contributed by atoms with Crippen LogP contribution >= 0.6 is 0 Å². The molecule has 1 rings (SSSR count). The molecule has 0 spiro atoms. The van der Waals surface area contributed by atoms with Crippen LogP contribution in [0.4, 0.5) is 0 Å². The lowest BCUT2D eigenvalue weighted by Crippen LogP contribution is -2.47. The lowest BCUT2D eigenvalue weighted by molar-refractivity contribution is 0.294. The molecule has 0 aromatic rings. The van der Waals surface area contributed by atoms with Crippen molar-refractivity contribution < 1.29 is 0 Å². The van der Waals surface area contributed by atoms with Crippen molar-refractivity contribution in [2.24, 2.45) is 5.41 Å². The van der Waals surface area contributed by atoms with Gasteiger partial charge in [-0.25, -0.2) is 0 Å². The fourth-order valence-corrected chi connectivity index (χ4v) is 3.15. The SMILES string of the molecule is CCCC1(CCC)CC1(C#N)NC(C)(C)C. The normalized spacial score (nSPS) is 27.5. The number of nitrogens with one attached hydrogen (secondary N) is 1. The van der Waals surface area contributed by atoms with Gasteiger partial charge in [-0.05, 0) is 40.0 Å². The average molecular weight is 222 g/mol. The first kappa shape index (κ1) is 13.5. The minimum atomic E-state index is -0.253. The summed E-state index contributed by atoms with van der Waals surface area (Å²) in [6.07, 6.45) is 5.74. The van der Waals surface area contributed by atoms with E-state index < -0.39 is 0 Å². The van der Waals surface area contributed by atoms with E-state index in [2.05, 4.69) is 46.0 Å². The van der Waals surface area contributed by atoms with Crippen molar-refractivity contribution >= 4 is 0 Å². The number of hydrogen-bond donors (Lipinski definition) is 1. The van der Waals surface area contributed by atoms with Crippen molar-refractivity contribution in [1.82, 2.24) is 5.32 Å². The molecule has 16 heavy (non-hydrogen) atoms. The van der Waals surface area contributed by atoms with Crippen LogP contribution in [0.1, 0.15) is 66.7 Å². The Balaban J connectivity index is 2.81. The van der Waals surface area contributed by atoms with Gasteiger partial charge in [0, 0.05) is 11.0 Å². The predicted molar refractivity (Wildman–Crippen MR) is 68.1 cm³/mol. The second-order valence-corrected chi connectivity index (χ2v) is 6.35. The summed E-state index contributed by atoms with van der Waals surface area (Å²) in [5, 5.41) is 13.1. The van der Waals surface area contributed by atoms with Crippen LogP contribution in [0.25, 0.3) is 0 Å². The zero-order valence-electron chi connectivity index (χ0n) is 11.5. The number of nitriles is 1. The molecule has 1 fully saturated rings. The smallest absolute Gasteiger partial charge is 0.113 e. The van der Waals surface area contributed by atoms with Crippen molar-refractivity contribution in [3.8, 4) is 6.07 Å². The molecule has 1 aliphatic carbocycles. The molecule has 0 amide bonds. The Kier molecular flexibility index (Phi) is 3.69. The molecule has 2 heteroatoms. The lowest BCUT2D eigenvalue weighted by atomic mass is 9.88. The summed E-state index contributed by atoms with van der Waals surface area (Å²) in [7, 11) is 0. The molecule has 1 N–H and O–H groups in total. The van der Waals surface area contributed by atoms with Gasteiger partial charge in [-0.3, -0.25) is 5.32 Å². The summed E-state index contributed by atoms with van der Waals surface area (Å²) in [5.41, 5.74) is 0.0226. The molecule has 0 saturated heterocycles. The molecule has 1 saturated carbocycles. The van der Waals surface area contributed by atoms with Crippen molar-refractivity contribution in [3.05, 3.63) is 0 Å². The first-order chi connectivity index (χ1) is 7.35. The minimum Gasteiger partial charge on any atom is -0.294 e. The van der Waals surface area contributed by atoms with Gasteiger partial charge in [0.2, 0.25) is 0 Å². The highest BCUT2D eigenvalue weighted by Gasteiger charge is 2.67. The number of rotatable bonds is 5. The molecule has 0 aromatic heterocycles. The summed E-state index contributed by atoms with van der Waals surface area (Å²) in [6.45, 7) is 10.9.